The average molecular weight is 201 g/mol. The lowest BCUT2D eigenvalue weighted by atomic mass is 10.00. The maximum Gasteiger partial charge on any atom is 0.146 e. The minimum atomic E-state index is 0.199. The Morgan fingerprint density at radius 1 is 1.13 bits per heavy atom. The van der Waals surface area contributed by atoms with E-state index < -0.39 is 0 Å². The summed E-state index contributed by atoms with van der Waals surface area (Å²) in [5.74, 6) is 0.199. The lowest BCUT2D eigenvalue weighted by molar-refractivity contribution is 0.484. The second-order valence-electron chi connectivity index (χ2n) is 3.77. The highest BCUT2D eigenvalue weighted by Gasteiger charge is 2.06. The van der Waals surface area contributed by atoms with Gasteiger partial charge in [-0.3, -0.25) is 0 Å². The first kappa shape index (κ1) is 9.84. The van der Waals surface area contributed by atoms with Crippen LogP contribution in [0.15, 0.2) is 30.3 Å². The molecule has 0 fully saturated rings. The molecular weight excluding hydrogens is 186 g/mol. The van der Waals surface area contributed by atoms with Crippen LogP contribution in [-0.2, 0) is 6.42 Å². The first-order chi connectivity index (χ1) is 7.24. The molecule has 0 aliphatic carbocycles. The molecule has 0 bridgehead atoms. The summed E-state index contributed by atoms with van der Waals surface area (Å²) in [4.78, 5) is 0. The molecule has 0 saturated heterocycles. The summed E-state index contributed by atoms with van der Waals surface area (Å²) in [7, 11) is 0. The lowest BCUT2D eigenvalue weighted by Gasteiger charge is -2.08. The zero-order chi connectivity index (χ0) is 10.8. The number of aryl methyl sites for hydroxylation is 1. The Balaban J connectivity index is 2.72. The largest absolute Gasteiger partial charge is 0.505 e. The van der Waals surface area contributed by atoms with E-state index >= 15 is 0 Å². The Morgan fingerprint density at radius 3 is 2.67 bits per heavy atom. The Hall–Kier alpha value is -1.70. The van der Waals surface area contributed by atoms with Crippen molar-refractivity contribution < 1.29 is 5.11 Å². The minimum Gasteiger partial charge on any atom is -0.505 e. The number of aromatic hydroxyl groups is 1. The van der Waals surface area contributed by atoms with Gasteiger partial charge in [0.25, 0.3) is 0 Å². The minimum absolute atomic E-state index is 0.199. The maximum atomic E-state index is 9.83. The number of anilines is 1. The molecule has 0 heterocycles. The Labute approximate surface area is 89.3 Å². The predicted molar refractivity (Wildman–Crippen MR) is 64.0 cm³/mol. The van der Waals surface area contributed by atoms with E-state index in [1.165, 1.54) is 5.56 Å². The third kappa shape index (κ3) is 1.63. The molecule has 2 heteroatoms. The highest BCUT2D eigenvalue weighted by molar-refractivity contribution is 5.94. The highest BCUT2D eigenvalue weighted by atomic mass is 16.3. The fourth-order valence-electron chi connectivity index (χ4n) is 1.91. The van der Waals surface area contributed by atoms with Crippen molar-refractivity contribution >= 4 is 16.5 Å². The van der Waals surface area contributed by atoms with E-state index in [1.807, 2.05) is 18.2 Å². The quantitative estimate of drug-likeness (QED) is 0.579. The van der Waals surface area contributed by atoms with Gasteiger partial charge in [0.1, 0.15) is 5.75 Å². The number of hydrogen-bond donors (Lipinski definition) is 2. The average Bonchev–Trinajstić information content (AvgIpc) is 2.25. The molecule has 78 valence electrons. The molecule has 0 radical (unpaired) electrons. The SMILES string of the molecule is CCCc1cccc2c(O)c(N)ccc12. The second kappa shape index (κ2) is 3.81. The van der Waals surface area contributed by atoms with Crippen molar-refractivity contribution in [2.75, 3.05) is 5.73 Å². The molecule has 0 spiro atoms. The van der Waals surface area contributed by atoms with Crippen LogP contribution < -0.4 is 5.73 Å². The molecule has 2 rings (SSSR count). The molecule has 0 aromatic heterocycles. The van der Waals surface area contributed by atoms with Gasteiger partial charge in [0.2, 0.25) is 0 Å². The van der Waals surface area contributed by atoms with Crippen LogP contribution in [0.4, 0.5) is 5.69 Å². The van der Waals surface area contributed by atoms with Crippen molar-refractivity contribution in [1.82, 2.24) is 0 Å². The summed E-state index contributed by atoms with van der Waals surface area (Å²) in [5.41, 5.74) is 7.37. The summed E-state index contributed by atoms with van der Waals surface area (Å²) in [5, 5.41) is 11.8. The number of phenols is 1. The number of nitrogens with two attached hydrogens (primary N) is 1. The third-order valence-corrected chi connectivity index (χ3v) is 2.67. The van der Waals surface area contributed by atoms with Crippen molar-refractivity contribution in [1.29, 1.82) is 0 Å². The van der Waals surface area contributed by atoms with E-state index in [1.54, 1.807) is 6.07 Å². The molecule has 2 aromatic rings. The van der Waals surface area contributed by atoms with Crippen molar-refractivity contribution in [3.63, 3.8) is 0 Å². The monoisotopic (exact) mass is 201 g/mol. The van der Waals surface area contributed by atoms with Crippen LogP contribution in [0.1, 0.15) is 18.9 Å². The van der Waals surface area contributed by atoms with E-state index in [0.29, 0.717) is 5.69 Å². The number of rotatable bonds is 2. The molecule has 0 unspecified atom stereocenters. The number of hydrogen-bond acceptors (Lipinski definition) is 2. The zero-order valence-corrected chi connectivity index (χ0v) is 8.83. The summed E-state index contributed by atoms with van der Waals surface area (Å²) in [6.07, 6.45) is 2.13. The number of fused-ring (bicyclic) bond motifs is 1. The molecule has 0 aliphatic heterocycles. The van der Waals surface area contributed by atoms with E-state index in [-0.39, 0.29) is 5.75 Å². The van der Waals surface area contributed by atoms with Crippen LogP contribution in [0.25, 0.3) is 10.8 Å². The third-order valence-electron chi connectivity index (χ3n) is 2.67. The van der Waals surface area contributed by atoms with Crippen molar-refractivity contribution in [3.05, 3.63) is 35.9 Å². The summed E-state index contributed by atoms with van der Waals surface area (Å²) >= 11 is 0. The van der Waals surface area contributed by atoms with Gasteiger partial charge in [-0.15, -0.1) is 0 Å². The van der Waals surface area contributed by atoms with Gasteiger partial charge in [0.05, 0.1) is 5.69 Å². The van der Waals surface area contributed by atoms with Gasteiger partial charge in [-0.2, -0.15) is 0 Å². The first-order valence-corrected chi connectivity index (χ1v) is 5.23. The molecule has 2 nitrogen and oxygen atoms in total. The van der Waals surface area contributed by atoms with Crippen LogP contribution in [0, 0.1) is 0 Å². The molecule has 0 saturated carbocycles. The summed E-state index contributed by atoms with van der Waals surface area (Å²) in [6.45, 7) is 2.15. The molecule has 0 aliphatic rings. The Morgan fingerprint density at radius 2 is 1.93 bits per heavy atom. The summed E-state index contributed by atoms with van der Waals surface area (Å²) in [6, 6.07) is 9.71. The van der Waals surface area contributed by atoms with Crippen LogP contribution in [0.5, 0.6) is 5.75 Å². The Bertz CT molecular complexity index is 491. The Kier molecular flexibility index (Phi) is 2.50. The van der Waals surface area contributed by atoms with Gasteiger partial charge in [-0.1, -0.05) is 37.6 Å². The van der Waals surface area contributed by atoms with E-state index in [0.717, 1.165) is 23.6 Å². The van der Waals surface area contributed by atoms with Crippen LogP contribution >= 0.6 is 0 Å². The molecular formula is C13H15NO. The van der Waals surface area contributed by atoms with Gasteiger partial charge in [-0.05, 0) is 23.4 Å². The number of benzene rings is 2. The molecule has 15 heavy (non-hydrogen) atoms. The topological polar surface area (TPSA) is 46.2 Å². The van der Waals surface area contributed by atoms with Gasteiger partial charge in [0, 0.05) is 5.39 Å². The normalized spacial score (nSPS) is 10.7. The molecule has 0 atom stereocenters. The van der Waals surface area contributed by atoms with E-state index in [9.17, 15) is 5.11 Å². The predicted octanol–water partition coefficient (Wildman–Crippen LogP) is 3.08. The molecule has 0 amide bonds. The van der Waals surface area contributed by atoms with Crippen molar-refractivity contribution in [2.24, 2.45) is 0 Å². The number of phenolic OH excluding ortho intramolecular Hbond substituents is 1. The van der Waals surface area contributed by atoms with Crippen LogP contribution in [0.3, 0.4) is 0 Å². The number of nitrogen functional groups attached to an aromatic ring is 1. The molecule has 3 N–H and O–H groups in total. The van der Waals surface area contributed by atoms with Crippen molar-refractivity contribution in [2.45, 2.75) is 19.8 Å². The fraction of sp³-hybridized carbons (Fsp3) is 0.231. The fourth-order valence-corrected chi connectivity index (χ4v) is 1.91. The van der Waals surface area contributed by atoms with Crippen molar-refractivity contribution in [3.8, 4) is 5.75 Å². The van der Waals surface area contributed by atoms with E-state index in [4.69, 9.17) is 5.73 Å². The smallest absolute Gasteiger partial charge is 0.146 e. The first-order valence-electron chi connectivity index (χ1n) is 5.23. The van der Waals surface area contributed by atoms with Crippen LogP contribution in [0.2, 0.25) is 0 Å². The highest BCUT2D eigenvalue weighted by Crippen LogP contribution is 2.32. The van der Waals surface area contributed by atoms with Gasteiger partial charge in [-0.25, -0.2) is 0 Å². The maximum absolute atomic E-state index is 9.83. The lowest BCUT2D eigenvalue weighted by Crippen LogP contribution is -1.89. The zero-order valence-electron chi connectivity index (χ0n) is 8.83. The summed E-state index contributed by atoms with van der Waals surface area (Å²) < 4.78 is 0. The van der Waals surface area contributed by atoms with Gasteiger partial charge in [0.15, 0.2) is 0 Å². The van der Waals surface area contributed by atoms with Gasteiger partial charge >= 0.3 is 0 Å². The second-order valence-corrected chi connectivity index (χ2v) is 3.77. The van der Waals surface area contributed by atoms with E-state index in [2.05, 4.69) is 13.0 Å². The standard InChI is InChI=1S/C13H15NO/c1-2-4-9-5-3-6-11-10(9)7-8-12(14)13(11)15/h3,5-8,15H,2,4,14H2,1H3. The van der Waals surface area contributed by atoms with Crippen LogP contribution in [-0.4, -0.2) is 5.11 Å². The van der Waals surface area contributed by atoms with Gasteiger partial charge < -0.3 is 10.8 Å². The molecule has 2 aromatic carbocycles.